The monoisotopic (exact) mass is 396 g/mol. The standard InChI is InChI=1S/C22H28N4O3/c1-15-21-18(24-22(23-15)26-9-7-25(8-10-26)11-12-27)13-16(14-19(21)28)17-5-3-4-6-20(17)29-2/h3-6,16,27H,7-14H2,1-2H3/t16-/m1/s1. The van der Waals surface area contributed by atoms with Gasteiger partial charge in [-0.05, 0) is 25.0 Å². The van der Waals surface area contributed by atoms with Gasteiger partial charge < -0.3 is 14.7 Å². The molecule has 0 unspecified atom stereocenters. The van der Waals surface area contributed by atoms with Gasteiger partial charge in [0.05, 0.1) is 30.7 Å². The molecule has 1 aliphatic carbocycles. The summed E-state index contributed by atoms with van der Waals surface area (Å²) in [6, 6.07) is 7.91. The van der Waals surface area contributed by atoms with Gasteiger partial charge in [0, 0.05) is 45.1 Å². The van der Waals surface area contributed by atoms with Gasteiger partial charge in [-0.3, -0.25) is 9.69 Å². The van der Waals surface area contributed by atoms with Crippen molar-refractivity contribution in [1.82, 2.24) is 14.9 Å². The number of rotatable bonds is 5. The maximum absolute atomic E-state index is 12.9. The molecule has 1 saturated heterocycles. The van der Waals surface area contributed by atoms with Gasteiger partial charge in [0.15, 0.2) is 5.78 Å². The van der Waals surface area contributed by atoms with Crippen molar-refractivity contribution in [2.24, 2.45) is 0 Å². The smallest absolute Gasteiger partial charge is 0.225 e. The van der Waals surface area contributed by atoms with Crippen LogP contribution in [0, 0.1) is 6.92 Å². The molecule has 1 atom stereocenters. The highest BCUT2D eigenvalue weighted by Crippen LogP contribution is 2.37. The molecule has 1 aromatic carbocycles. The number of aromatic nitrogens is 2. The average Bonchev–Trinajstić information content (AvgIpc) is 2.74. The minimum atomic E-state index is 0.0645. The Morgan fingerprint density at radius 2 is 1.90 bits per heavy atom. The third-order valence-corrected chi connectivity index (χ3v) is 5.95. The van der Waals surface area contributed by atoms with Gasteiger partial charge in [0.1, 0.15) is 5.75 Å². The fourth-order valence-corrected chi connectivity index (χ4v) is 4.44. The molecule has 2 heterocycles. The quantitative estimate of drug-likeness (QED) is 0.826. The average molecular weight is 396 g/mol. The Bertz CT molecular complexity index is 894. The summed E-state index contributed by atoms with van der Waals surface area (Å²) >= 11 is 0. The van der Waals surface area contributed by atoms with Crippen molar-refractivity contribution >= 4 is 11.7 Å². The zero-order chi connectivity index (χ0) is 20.4. The van der Waals surface area contributed by atoms with E-state index in [1.54, 1.807) is 7.11 Å². The zero-order valence-electron chi connectivity index (χ0n) is 17.1. The SMILES string of the molecule is COc1ccccc1[C@H]1CC(=O)c2c(C)nc(N3CCN(CCO)CC3)nc2C1. The number of methoxy groups -OCH3 is 1. The number of para-hydroxylation sites is 1. The van der Waals surface area contributed by atoms with E-state index >= 15 is 0 Å². The highest BCUT2D eigenvalue weighted by molar-refractivity contribution is 5.99. The molecule has 0 radical (unpaired) electrons. The number of piperazine rings is 1. The molecule has 29 heavy (non-hydrogen) atoms. The number of fused-ring (bicyclic) bond motifs is 1. The number of hydrogen-bond donors (Lipinski definition) is 1. The van der Waals surface area contributed by atoms with Crippen molar-refractivity contribution in [3.8, 4) is 5.75 Å². The van der Waals surface area contributed by atoms with Crippen LogP contribution < -0.4 is 9.64 Å². The van der Waals surface area contributed by atoms with E-state index in [2.05, 4.69) is 14.8 Å². The fourth-order valence-electron chi connectivity index (χ4n) is 4.44. The maximum atomic E-state index is 12.9. The minimum absolute atomic E-state index is 0.0645. The summed E-state index contributed by atoms with van der Waals surface area (Å²) in [7, 11) is 1.66. The largest absolute Gasteiger partial charge is 0.496 e. The number of aliphatic hydroxyl groups is 1. The molecule has 1 aliphatic heterocycles. The Kier molecular flexibility index (Phi) is 5.78. The summed E-state index contributed by atoms with van der Waals surface area (Å²) < 4.78 is 5.52. The molecule has 2 aromatic rings. The van der Waals surface area contributed by atoms with Crippen molar-refractivity contribution in [2.45, 2.75) is 25.7 Å². The lowest BCUT2D eigenvalue weighted by Gasteiger charge is -2.35. The number of anilines is 1. The summed E-state index contributed by atoms with van der Waals surface area (Å²) in [6.07, 6.45) is 1.17. The van der Waals surface area contributed by atoms with Crippen LogP contribution in [0.3, 0.4) is 0 Å². The number of ketones is 1. The topological polar surface area (TPSA) is 78.8 Å². The van der Waals surface area contributed by atoms with Crippen LogP contribution in [0.1, 0.15) is 39.6 Å². The molecule has 1 aromatic heterocycles. The van der Waals surface area contributed by atoms with E-state index in [1.807, 2.05) is 31.2 Å². The van der Waals surface area contributed by atoms with Crippen LogP contribution in [-0.4, -0.2) is 72.2 Å². The lowest BCUT2D eigenvalue weighted by molar-refractivity contribution is 0.0961. The molecule has 2 aliphatic rings. The Labute approximate surface area is 171 Å². The Balaban J connectivity index is 1.60. The van der Waals surface area contributed by atoms with E-state index in [4.69, 9.17) is 14.8 Å². The van der Waals surface area contributed by atoms with Crippen LogP contribution in [0.4, 0.5) is 5.95 Å². The first-order chi connectivity index (χ1) is 14.1. The van der Waals surface area contributed by atoms with E-state index in [0.717, 1.165) is 48.9 Å². The van der Waals surface area contributed by atoms with Crippen LogP contribution in [0.25, 0.3) is 0 Å². The highest BCUT2D eigenvalue weighted by atomic mass is 16.5. The molecule has 1 fully saturated rings. The second kappa shape index (κ2) is 8.47. The Hall–Kier alpha value is -2.51. The first-order valence-electron chi connectivity index (χ1n) is 10.2. The zero-order valence-corrected chi connectivity index (χ0v) is 17.1. The van der Waals surface area contributed by atoms with Gasteiger partial charge in [0.25, 0.3) is 0 Å². The number of Topliss-reactive ketones (excluding diaryl/α,β-unsaturated/α-hetero) is 1. The summed E-state index contributed by atoms with van der Waals surface area (Å²) in [4.78, 5) is 26.8. The second-order valence-corrected chi connectivity index (χ2v) is 7.75. The molecular formula is C22H28N4O3. The number of aliphatic hydroxyl groups excluding tert-OH is 1. The van der Waals surface area contributed by atoms with E-state index < -0.39 is 0 Å². The van der Waals surface area contributed by atoms with Crippen LogP contribution in [0.2, 0.25) is 0 Å². The maximum Gasteiger partial charge on any atom is 0.225 e. The number of hydrogen-bond acceptors (Lipinski definition) is 7. The van der Waals surface area contributed by atoms with Gasteiger partial charge in [0.2, 0.25) is 5.95 Å². The first-order valence-corrected chi connectivity index (χ1v) is 10.2. The molecule has 7 nitrogen and oxygen atoms in total. The minimum Gasteiger partial charge on any atom is -0.496 e. The van der Waals surface area contributed by atoms with Gasteiger partial charge in [-0.15, -0.1) is 0 Å². The molecule has 7 heteroatoms. The third-order valence-electron chi connectivity index (χ3n) is 5.95. The number of ether oxygens (including phenoxy) is 1. The van der Waals surface area contributed by atoms with Crippen LogP contribution in [-0.2, 0) is 6.42 Å². The van der Waals surface area contributed by atoms with Crippen molar-refractivity contribution in [2.75, 3.05) is 51.3 Å². The molecular weight excluding hydrogens is 368 g/mol. The number of β-amino-alcohol motifs (C(OH)–C–C–N with tert-alkyl or cyclic N) is 1. The summed E-state index contributed by atoms with van der Waals surface area (Å²) in [5.41, 5.74) is 3.37. The van der Waals surface area contributed by atoms with Crippen molar-refractivity contribution in [1.29, 1.82) is 0 Å². The fraction of sp³-hybridized carbons (Fsp3) is 0.500. The summed E-state index contributed by atoms with van der Waals surface area (Å²) in [5.74, 6) is 1.70. The van der Waals surface area contributed by atoms with E-state index in [1.165, 1.54) is 0 Å². The molecule has 0 amide bonds. The number of aryl methyl sites for hydroxylation is 1. The number of carbonyl (C=O) groups excluding carboxylic acids is 1. The molecule has 1 N–H and O–H groups in total. The van der Waals surface area contributed by atoms with Gasteiger partial charge in [-0.2, -0.15) is 0 Å². The molecule has 0 spiro atoms. The highest BCUT2D eigenvalue weighted by Gasteiger charge is 2.32. The van der Waals surface area contributed by atoms with E-state index in [-0.39, 0.29) is 18.3 Å². The molecule has 154 valence electrons. The van der Waals surface area contributed by atoms with Crippen molar-refractivity contribution < 1.29 is 14.6 Å². The van der Waals surface area contributed by atoms with E-state index in [9.17, 15) is 4.79 Å². The van der Waals surface area contributed by atoms with Gasteiger partial charge in [-0.1, -0.05) is 18.2 Å². The van der Waals surface area contributed by atoms with Crippen LogP contribution >= 0.6 is 0 Å². The third kappa shape index (κ3) is 3.97. The Morgan fingerprint density at radius 3 is 2.62 bits per heavy atom. The lowest BCUT2D eigenvalue weighted by atomic mass is 9.81. The predicted molar refractivity (Wildman–Crippen MR) is 111 cm³/mol. The van der Waals surface area contributed by atoms with Crippen molar-refractivity contribution in [3.05, 3.63) is 46.8 Å². The normalized spacial score (nSPS) is 19.9. The first kappa shape index (κ1) is 19.8. The molecule has 0 saturated carbocycles. The number of nitrogens with zero attached hydrogens (tertiary/aromatic N) is 4. The Morgan fingerprint density at radius 1 is 1.14 bits per heavy atom. The summed E-state index contributed by atoms with van der Waals surface area (Å²) in [6.45, 7) is 6.19. The van der Waals surface area contributed by atoms with Crippen LogP contribution in [0.15, 0.2) is 24.3 Å². The van der Waals surface area contributed by atoms with Gasteiger partial charge >= 0.3 is 0 Å². The summed E-state index contributed by atoms with van der Waals surface area (Å²) in [5, 5.41) is 9.13. The molecule has 0 bridgehead atoms. The lowest BCUT2D eigenvalue weighted by Crippen LogP contribution is -2.48. The second-order valence-electron chi connectivity index (χ2n) is 7.75. The van der Waals surface area contributed by atoms with Gasteiger partial charge in [-0.25, -0.2) is 9.97 Å². The number of benzene rings is 1. The predicted octanol–water partition coefficient (Wildman–Crippen LogP) is 1.82. The van der Waals surface area contributed by atoms with Crippen LogP contribution in [0.5, 0.6) is 5.75 Å². The number of carbonyl (C=O) groups is 1. The van der Waals surface area contributed by atoms with Crippen molar-refractivity contribution in [3.63, 3.8) is 0 Å². The molecule has 4 rings (SSSR count). The van der Waals surface area contributed by atoms with E-state index in [0.29, 0.717) is 30.9 Å².